The van der Waals surface area contributed by atoms with Crippen molar-refractivity contribution in [1.82, 2.24) is 9.55 Å². The number of aromatic nitrogens is 2. The van der Waals surface area contributed by atoms with Crippen LogP contribution in [0.3, 0.4) is 0 Å². The highest BCUT2D eigenvalue weighted by atomic mass is 127. The first-order valence-corrected chi connectivity index (χ1v) is 8.09. The Morgan fingerprint density at radius 1 is 1.21 bits per heavy atom. The third-order valence-electron chi connectivity index (χ3n) is 3.73. The third kappa shape index (κ3) is 3.10. The normalized spacial score (nSPS) is 11.2. The van der Waals surface area contributed by atoms with Gasteiger partial charge in [0.25, 0.3) is 5.56 Å². The van der Waals surface area contributed by atoms with Crippen LogP contribution in [-0.2, 0) is 14.9 Å². The Morgan fingerprint density at radius 2 is 1.88 bits per heavy atom. The van der Waals surface area contributed by atoms with E-state index in [4.69, 9.17) is 9.47 Å². The van der Waals surface area contributed by atoms with Crippen LogP contribution in [0.4, 0.5) is 0 Å². The Labute approximate surface area is 151 Å². The minimum Gasteiger partial charge on any atom is -0.493 e. The fourth-order valence-electron chi connectivity index (χ4n) is 2.38. The number of hydrogen-bond donors (Lipinski definition) is 1. The van der Waals surface area contributed by atoms with Crippen LogP contribution in [0.1, 0.15) is 19.4 Å². The molecule has 128 valence electrons. The van der Waals surface area contributed by atoms with Gasteiger partial charge < -0.3 is 9.47 Å². The Morgan fingerprint density at radius 3 is 2.42 bits per heavy atom. The fourth-order valence-corrected chi connectivity index (χ4v) is 3.73. The number of methoxy groups -OCH3 is 2. The molecular formula is C16H17IN2O5. The Hall–Kier alpha value is -2.10. The minimum absolute atomic E-state index is 0.378. The lowest BCUT2D eigenvalue weighted by Crippen LogP contribution is -2.32. The highest BCUT2D eigenvalue weighted by Gasteiger charge is 2.34. The molecule has 2 rings (SSSR count). The largest absolute Gasteiger partial charge is 0.493 e. The zero-order valence-corrected chi connectivity index (χ0v) is 15.8. The zero-order chi connectivity index (χ0) is 18.1. The maximum atomic E-state index is 12.1. The molecule has 0 saturated carbocycles. The van der Waals surface area contributed by atoms with Gasteiger partial charge in [0.15, 0.2) is 5.75 Å². The monoisotopic (exact) mass is 444 g/mol. The summed E-state index contributed by atoms with van der Waals surface area (Å²) in [4.78, 5) is 37.5. The first-order valence-electron chi connectivity index (χ1n) is 7.01. The SMILES string of the molecule is COC(=O)C(C)(C)c1ccc(-n2ccc(=O)[nH]c2=O)c(OC)c1I. The number of nitrogens with zero attached hydrogens (tertiary/aromatic N) is 1. The summed E-state index contributed by atoms with van der Waals surface area (Å²) in [6.45, 7) is 3.50. The van der Waals surface area contributed by atoms with Gasteiger partial charge in [-0.15, -0.1) is 0 Å². The zero-order valence-electron chi connectivity index (χ0n) is 13.7. The second kappa shape index (κ2) is 6.80. The minimum atomic E-state index is -0.882. The second-order valence-corrected chi connectivity index (χ2v) is 6.65. The molecule has 0 fully saturated rings. The van der Waals surface area contributed by atoms with E-state index in [-0.39, 0.29) is 5.97 Å². The molecule has 0 unspecified atom stereocenters. The first kappa shape index (κ1) is 18.2. The molecule has 0 saturated heterocycles. The van der Waals surface area contributed by atoms with E-state index in [1.807, 2.05) is 0 Å². The standard InChI is InChI=1S/C16H17IN2O5/c1-16(2,14(21)24-4)9-5-6-10(13(23-3)12(9)17)19-8-7-11(20)18-15(19)22/h5-8H,1-4H3,(H,18,20,22). The lowest BCUT2D eigenvalue weighted by Gasteiger charge is -2.25. The molecule has 0 aliphatic heterocycles. The Balaban J connectivity index is 2.71. The topological polar surface area (TPSA) is 90.4 Å². The molecule has 1 aromatic heterocycles. The highest BCUT2D eigenvalue weighted by Crippen LogP contribution is 2.37. The fraction of sp³-hybridized carbons (Fsp3) is 0.312. The van der Waals surface area contributed by atoms with Crippen LogP contribution < -0.4 is 16.0 Å². The van der Waals surface area contributed by atoms with Crippen LogP contribution in [0.15, 0.2) is 34.0 Å². The summed E-state index contributed by atoms with van der Waals surface area (Å²) in [6.07, 6.45) is 1.38. The number of esters is 1. The molecule has 0 bridgehead atoms. The Bertz CT molecular complexity index is 898. The highest BCUT2D eigenvalue weighted by molar-refractivity contribution is 14.1. The van der Waals surface area contributed by atoms with Gasteiger partial charge in [0.2, 0.25) is 0 Å². The third-order valence-corrected chi connectivity index (χ3v) is 4.80. The van der Waals surface area contributed by atoms with Crippen molar-refractivity contribution in [1.29, 1.82) is 0 Å². The lowest BCUT2D eigenvalue weighted by molar-refractivity contribution is -0.146. The summed E-state index contributed by atoms with van der Waals surface area (Å²) in [5, 5.41) is 0. The molecular weight excluding hydrogens is 427 g/mol. The average molecular weight is 444 g/mol. The van der Waals surface area contributed by atoms with E-state index in [1.54, 1.807) is 26.0 Å². The van der Waals surface area contributed by atoms with Gasteiger partial charge in [-0.05, 0) is 48.1 Å². The summed E-state index contributed by atoms with van der Waals surface area (Å²) in [5.74, 6) is 0.0515. The molecule has 24 heavy (non-hydrogen) atoms. The van der Waals surface area contributed by atoms with E-state index in [2.05, 4.69) is 27.6 Å². The van der Waals surface area contributed by atoms with E-state index in [1.165, 1.54) is 31.0 Å². The number of nitrogens with one attached hydrogen (secondary N) is 1. The van der Waals surface area contributed by atoms with Crippen LogP contribution in [0, 0.1) is 3.57 Å². The lowest BCUT2D eigenvalue weighted by atomic mass is 9.84. The number of carbonyl (C=O) groups excluding carboxylic acids is 1. The first-order chi connectivity index (χ1) is 11.2. The molecule has 1 heterocycles. The summed E-state index contributed by atoms with van der Waals surface area (Å²) in [5.41, 5.74) is -0.752. The summed E-state index contributed by atoms with van der Waals surface area (Å²) >= 11 is 2.07. The van der Waals surface area contributed by atoms with Gasteiger partial charge >= 0.3 is 11.7 Å². The van der Waals surface area contributed by atoms with Crippen molar-refractivity contribution in [2.45, 2.75) is 19.3 Å². The second-order valence-electron chi connectivity index (χ2n) is 5.58. The van der Waals surface area contributed by atoms with Gasteiger partial charge in [0.1, 0.15) is 0 Å². The van der Waals surface area contributed by atoms with Gasteiger partial charge in [-0.1, -0.05) is 6.07 Å². The van der Waals surface area contributed by atoms with E-state index in [0.29, 0.717) is 20.6 Å². The quantitative estimate of drug-likeness (QED) is 0.572. The number of ether oxygens (including phenoxy) is 2. The van der Waals surface area contributed by atoms with Gasteiger partial charge in [-0.2, -0.15) is 0 Å². The number of rotatable bonds is 4. The molecule has 0 aliphatic rings. The van der Waals surface area contributed by atoms with Crippen molar-refractivity contribution in [3.05, 3.63) is 54.4 Å². The molecule has 2 aromatic rings. The van der Waals surface area contributed by atoms with E-state index < -0.39 is 16.7 Å². The van der Waals surface area contributed by atoms with Gasteiger partial charge in [-0.3, -0.25) is 19.1 Å². The van der Waals surface area contributed by atoms with Crippen molar-refractivity contribution < 1.29 is 14.3 Å². The smallest absolute Gasteiger partial charge is 0.333 e. The van der Waals surface area contributed by atoms with Crippen LogP contribution in [0.5, 0.6) is 5.75 Å². The van der Waals surface area contributed by atoms with Gasteiger partial charge in [0.05, 0.1) is 28.9 Å². The molecule has 0 radical (unpaired) electrons. The maximum Gasteiger partial charge on any atom is 0.333 e. The van der Waals surface area contributed by atoms with Crippen molar-refractivity contribution in [2.75, 3.05) is 14.2 Å². The van der Waals surface area contributed by atoms with Crippen LogP contribution >= 0.6 is 22.6 Å². The number of aromatic amines is 1. The van der Waals surface area contributed by atoms with Crippen LogP contribution in [0.25, 0.3) is 5.69 Å². The van der Waals surface area contributed by atoms with Gasteiger partial charge in [-0.25, -0.2) is 4.79 Å². The maximum absolute atomic E-state index is 12.1. The molecule has 0 amide bonds. The number of halogens is 1. The Kier molecular flexibility index (Phi) is 5.16. The van der Waals surface area contributed by atoms with Crippen molar-refractivity contribution in [3.8, 4) is 11.4 Å². The predicted molar refractivity (Wildman–Crippen MR) is 97.0 cm³/mol. The number of benzene rings is 1. The number of H-pyrrole nitrogens is 1. The van der Waals surface area contributed by atoms with E-state index in [9.17, 15) is 14.4 Å². The summed E-state index contributed by atoms with van der Waals surface area (Å²) in [7, 11) is 2.81. The van der Waals surface area contributed by atoms with E-state index in [0.717, 1.165) is 0 Å². The van der Waals surface area contributed by atoms with Crippen LogP contribution in [0.2, 0.25) is 0 Å². The summed E-state index contributed by atoms with van der Waals surface area (Å²) < 4.78 is 12.3. The van der Waals surface area contributed by atoms with Crippen molar-refractivity contribution in [2.24, 2.45) is 0 Å². The van der Waals surface area contributed by atoms with Crippen LogP contribution in [-0.4, -0.2) is 29.7 Å². The summed E-state index contributed by atoms with van der Waals surface area (Å²) in [6, 6.07) is 4.66. The molecule has 0 atom stereocenters. The molecule has 1 N–H and O–H groups in total. The van der Waals surface area contributed by atoms with Crippen molar-refractivity contribution >= 4 is 28.6 Å². The van der Waals surface area contributed by atoms with Crippen molar-refractivity contribution in [3.63, 3.8) is 0 Å². The van der Waals surface area contributed by atoms with Gasteiger partial charge in [0, 0.05) is 12.3 Å². The molecule has 0 aliphatic carbocycles. The molecule has 7 nitrogen and oxygen atoms in total. The van der Waals surface area contributed by atoms with E-state index >= 15 is 0 Å². The number of hydrogen-bond acceptors (Lipinski definition) is 5. The number of carbonyl (C=O) groups is 1. The molecule has 1 aromatic carbocycles. The predicted octanol–water partition coefficient (Wildman–Crippen LogP) is 1.59. The molecule has 8 heteroatoms. The molecule has 0 spiro atoms. The average Bonchev–Trinajstić information content (AvgIpc) is 2.53.